The van der Waals surface area contributed by atoms with Crippen LogP contribution in [-0.2, 0) is 10.3 Å². The number of ether oxygens (including phenoxy) is 1. The smallest absolute Gasteiger partial charge is 0.239 e. The Hall–Kier alpha value is -3.98. The highest BCUT2D eigenvalue weighted by molar-refractivity contribution is 8.15. The molecular weight excluding hydrogens is 500 g/mol. The number of hydrogen-bond acceptors (Lipinski definition) is 9. The number of amidine groups is 1. The van der Waals surface area contributed by atoms with Gasteiger partial charge in [0, 0.05) is 43.5 Å². The number of nitrogens with zero attached hydrogens (tertiary/aromatic N) is 5. The summed E-state index contributed by atoms with van der Waals surface area (Å²) in [5.74, 6) is 0.266. The van der Waals surface area contributed by atoms with Crippen molar-refractivity contribution in [1.29, 1.82) is 0 Å². The Kier molecular flexibility index (Phi) is 5.91. The van der Waals surface area contributed by atoms with Gasteiger partial charge in [-0.05, 0) is 25.5 Å². The minimum absolute atomic E-state index is 0.00651. The van der Waals surface area contributed by atoms with Gasteiger partial charge in [-0.1, -0.05) is 17.7 Å². The maximum Gasteiger partial charge on any atom is 0.239 e. The quantitative estimate of drug-likeness (QED) is 0.473. The average molecular weight is 524 g/mol. The summed E-state index contributed by atoms with van der Waals surface area (Å²) in [5, 5.41) is 3.16. The standard InChI is InChI=1S/C25H23F2N7O2S/c1-5-8-36-18-12-30-20-16(32-18)6-7-29-21(20)31-13-9-14(19(27)15(26)10-13)24(2)17-11-25(17,22(35)34(3)4)37-23(28)33-24/h1,6-7,9-10,12,17H,8,11H2,2-4H3,(H2,28,33)(H,29,31)/t17-,24+,25-/m0/s1. The first-order chi connectivity index (χ1) is 17.6. The number of thioether (sulfide) groups is 1. The van der Waals surface area contributed by atoms with E-state index in [2.05, 4.69) is 31.2 Å². The van der Waals surface area contributed by atoms with Crippen LogP contribution in [0.2, 0.25) is 0 Å². The average Bonchev–Trinajstić information content (AvgIpc) is 3.60. The summed E-state index contributed by atoms with van der Waals surface area (Å²) in [6, 6.07) is 4.13. The molecular formula is C25H23F2N7O2S. The van der Waals surface area contributed by atoms with E-state index in [9.17, 15) is 9.18 Å². The molecule has 1 aliphatic heterocycles. The van der Waals surface area contributed by atoms with Gasteiger partial charge in [-0.25, -0.2) is 23.7 Å². The van der Waals surface area contributed by atoms with E-state index in [-0.39, 0.29) is 46.5 Å². The molecule has 12 heteroatoms. The number of pyridine rings is 1. The Morgan fingerprint density at radius 3 is 2.89 bits per heavy atom. The predicted octanol–water partition coefficient (Wildman–Crippen LogP) is 3.18. The molecule has 37 heavy (non-hydrogen) atoms. The van der Waals surface area contributed by atoms with Crippen LogP contribution in [0.5, 0.6) is 5.88 Å². The predicted molar refractivity (Wildman–Crippen MR) is 137 cm³/mol. The van der Waals surface area contributed by atoms with Crippen molar-refractivity contribution in [3.8, 4) is 18.2 Å². The van der Waals surface area contributed by atoms with Crippen LogP contribution in [0.15, 0.2) is 35.6 Å². The minimum atomic E-state index is -1.25. The van der Waals surface area contributed by atoms with Crippen LogP contribution in [0, 0.1) is 29.9 Å². The maximum absolute atomic E-state index is 15.3. The maximum atomic E-state index is 15.3. The van der Waals surface area contributed by atoms with Crippen LogP contribution in [0.25, 0.3) is 11.0 Å². The summed E-state index contributed by atoms with van der Waals surface area (Å²) in [7, 11) is 3.31. The van der Waals surface area contributed by atoms with Crippen molar-refractivity contribution >= 4 is 45.4 Å². The molecule has 3 aromatic rings. The number of nitrogens with one attached hydrogen (secondary N) is 1. The van der Waals surface area contributed by atoms with E-state index in [4.69, 9.17) is 16.9 Å². The first-order valence-electron chi connectivity index (χ1n) is 11.3. The van der Waals surface area contributed by atoms with Gasteiger partial charge in [-0.3, -0.25) is 9.79 Å². The lowest BCUT2D eigenvalue weighted by Gasteiger charge is -2.34. The lowest BCUT2D eigenvalue weighted by Crippen LogP contribution is -2.43. The van der Waals surface area contributed by atoms with Crippen molar-refractivity contribution in [2.24, 2.45) is 16.6 Å². The third kappa shape index (κ3) is 4.09. The van der Waals surface area contributed by atoms with Crippen molar-refractivity contribution in [2.75, 3.05) is 26.0 Å². The van der Waals surface area contributed by atoms with Crippen LogP contribution in [0.3, 0.4) is 0 Å². The Morgan fingerprint density at radius 1 is 1.38 bits per heavy atom. The molecule has 1 aliphatic carbocycles. The molecule has 2 aliphatic rings. The number of fused-ring (bicyclic) bond motifs is 2. The molecule has 3 atom stereocenters. The van der Waals surface area contributed by atoms with Gasteiger partial charge in [0.05, 0.1) is 17.3 Å². The Morgan fingerprint density at radius 2 is 2.16 bits per heavy atom. The number of anilines is 2. The van der Waals surface area contributed by atoms with Gasteiger partial charge >= 0.3 is 0 Å². The number of benzene rings is 1. The zero-order chi connectivity index (χ0) is 26.5. The molecule has 5 rings (SSSR count). The Balaban J connectivity index is 1.53. The van der Waals surface area contributed by atoms with Gasteiger partial charge < -0.3 is 20.7 Å². The van der Waals surface area contributed by atoms with Gasteiger partial charge in [-0.2, -0.15) is 0 Å². The number of carbonyl (C=O) groups excluding carboxylic acids is 1. The van der Waals surface area contributed by atoms with Crippen molar-refractivity contribution in [3.05, 3.63) is 47.8 Å². The van der Waals surface area contributed by atoms with Gasteiger partial charge in [0.1, 0.15) is 10.3 Å². The molecule has 2 aromatic heterocycles. The number of amides is 1. The molecule has 3 N–H and O–H groups in total. The Bertz CT molecular complexity index is 1510. The van der Waals surface area contributed by atoms with Crippen molar-refractivity contribution in [1.82, 2.24) is 19.9 Å². The van der Waals surface area contributed by atoms with Crippen molar-refractivity contribution in [2.45, 2.75) is 23.6 Å². The highest BCUT2D eigenvalue weighted by Gasteiger charge is 2.71. The number of rotatable bonds is 6. The molecule has 0 unspecified atom stereocenters. The molecule has 1 amide bonds. The third-order valence-corrected chi connectivity index (χ3v) is 7.85. The van der Waals surface area contributed by atoms with E-state index in [1.54, 1.807) is 27.1 Å². The SMILES string of the molecule is C#CCOc1cnc2c(Nc3cc(F)c(F)c([C@@]4(C)N=C(N)S[C@@]5(C(=O)N(C)C)C[C@H]54)c3)nccc2n1. The first kappa shape index (κ1) is 24.7. The van der Waals surface area contributed by atoms with Gasteiger partial charge in [0.15, 0.2) is 29.2 Å². The third-order valence-electron chi connectivity index (χ3n) is 6.56. The normalized spacial score (nSPS) is 24.0. The molecule has 9 nitrogen and oxygen atoms in total. The summed E-state index contributed by atoms with van der Waals surface area (Å²) in [5.41, 5.74) is 5.93. The van der Waals surface area contributed by atoms with E-state index in [1.165, 1.54) is 35.1 Å². The number of halogens is 2. The molecule has 0 spiro atoms. The molecule has 0 bridgehead atoms. The summed E-state index contributed by atoms with van der Waals surface area (Å²) < 4.78 is 34.6. The van der Waals surface area contributed by atoms with Gasteiger partial charge in [0.2, 0.25) is 11.8 Å². The monoisotopic (exact) mass is 523 g/mol. The number of aromatic nitrogens is 3. The number of terminal acetylenes is 1. The highest BCUT2D eigenvalue weighted by Crippen LogP contribution is 2.66. The number of carbonyl (C=O) groups is 1. The lowest BCUT2D eigenvalue weighted by atomic mass is 9.85. The molecule has 0 saturated heterocycles. The van der Waals surface area contributed by atoms with E-state index >= 15 is 4.39 Å². The Labute approximate surface area is 215 Å². The van der Waals surface area contributed by atoms with Gasteiger partial charge in [0.25, 0.3) is 0 Å². The van der Waals surface area contributed by atoms with E-state index < -0.39 is 21.9 Å². The molecule has 1 fully saturated rings. The second-order valence-electron chi connectivity index (χ2n) is 9.22. The van der Waals surface area contributed by atoms with Crippen LogP contribution in [0.1, 0.15) is 18.9 Å². The van der Waals surface area contributed by atoms with Crippen LogP contribution in [-0.4, -0.2) is 56.4 Å². The fourth-order valence-corrected chi connectivity index (χ4v) is 6.30. The number of hydrogen-bond donors (Lipinski definition) is 2. The molecule has 0 radical (unpaired) electrons. The highest BCUT2D eigenvalue weighted by atomic mass is 32.2. The second-order valence-corrected chi connectivity index (χ2v) is 10.6. The summed E-state index contributed by atoms with van der Waals surface area (Å²) in [6.07, 6.45) is 8.56. The van der Waals surface area contributed by atoms with E-state index in [1.807, 2.05) is 0 Å². The van der Waals surface area contributed by atoms with Crippen molar-refractivity contribution in [3.63, 3.8) is 0 Å². The van der Waals surface area contributed by atoms with Crippen LogP contribution >= 0.6 is 11.8 Å². The molecule has 190 valence electrons. The first-order valence-corrected chi connectivity index (χ1v) is 12.1. The topological polar surface area (TPSA) is 119 Å². The number of aliphatic imine (C=N–C) groups is 1. The van der Waals surface area contributed by atoms with E-state index in [0.717, 1.165) is 6.07 Å². The fraction of sp³-hybridized carbons (Fsp3) is 0.320. The van der Waals surface area contributed by atoms with Crippen molar-refractivity contribution < 1.29 is 18.3 Å². The zero-order valence-electron chi connectivity index (χ0n) is 20.2. The molecule has 3 heterocycles. The lowest BCUT2D eigenvalue weighted by molar-refractivity contribution is -0.129. The fourth-order valence-electron chi connectivity index (χ4n) is 4.80. The zero-order valence-corrected chi connectivity index (χ0v) is 21.1. The summed E-state index contributed by atoms with van der Waals surface area (Å²) >= 11 is 1.18. The summed E-state index contributed by atoms with van der Waals surface area (Å²) in [4.78, 5) is 31.9. The van der Waals surface area contributed by atoms with Gasteiger partial charge in [-0.15, -0.1) is 6.42 Å². The van der Waals surface area contributed by atoms with Crippen LogP contribution in [0.4, 0.5) is 20.3 Å². The number of nitrogens with two attached hydrogens (primary N) is 1. The second kappa shape index (κ2) is 8.85. The largest absolute Gasteiger partial charge is 0.463 e. The molecule has 1 aromatic carbocycles. The minimum Gasteiger partial charge on any atom is -0.463 e. The van der Waals surface area contributed by atoms with Crippen LogP contribution < -0.4 is 15.8 Å². The van der Waals surface area contributed by atoms with E-state index in [0.29, 0.717) is 17.5 Å². The molecule has 1 saturated carbocycles. The summed E-state index contributed by atoms with van der Waals surface area (Å²) in [6.45, 7) is 1.72.